The SMILES string of the molecule is O=C1NCCc2[nH]c(-c3ccnc(C=Cc4ccc(N5CCCC5)cc4)c3)cc21. The van der Waals surface area contributed by atoms with Gasteiger partial charge < -0.3 is 15.2 Å². The van der Waals surface area contributed by atoms with Gasteiger partial charge in [0, 0.05) is 54.9 Å². The molecule has 5 nitrogen and oxygen atoms in total. The lowest BCUT2D eigenvalue weighted by Crippen LogP contribution is -2.31. The zero-order chi connectivity index (χ0) is 19.6. The molecule has 5 heteroatoms. The maximum absolute atomic E-state index is 12.0. The molecule has 1 amide bonds. The number of aromatic nitrogens is 2. The minimum atomic E-state index is 0.000280. The Morgan fingerprint density at radius 1 is 1.00 bits per heavy atom. The van der Waals surface area contributed by atoms with Crippen molar-refractivity contribution in [3.63, 3.8) is 0 Å². The van der Waals surface area contributed by atoms with Gasteiger partial charge in [-0.1, -0.05) is 18.2 Å². The molecule has 0 aliphatic carbocycles. The lowest BCUT2D eigenvalue weighted by atomic mass is 10.1. The van der Waals surface area contributed by atoms with Crippen LogP contribution < -0.4 is 10.2 Å². The highest BCUT2D eigenvalue weighted by atomic mass is 16.1. The van der Waals surface area contributed by atoms with Crippen LogP contribution in [0.1, 0.15) is 40.2 Å². The quantitative estimate of drug-likeness (QED) is 0.711. The van der Waals surface area contributed by atoms with Gasteiger partial charge in [0.1, 0.15) is 0 Å². The summed E-state index contributed by atoms with van der Waals surface area (Å²) in [6, 6.07) is 14.7. The molecule has 3 aromatic rings. The number of H-pyrrole nitrogens is 1. The normalized spacial score (nSPS) is 16.3. The van der Waals surface area contributed by atoms with E-state index in [0.29, 0.717) is 6.54 Å². The fraction of sp³-hybridized carbons (Fsp3) is 0.250. The number of amides is 1. The molecule has 2 aliphatic rings. The van der Waals surface area contributed by atoms with E-state index in [2.05, 4.69) is 50.5 Å². The molecule has 146 valence electrons. The summed E-state index contributed by atoms with van der Waals surface area (Å²) in [6.45, 7) is 3.01. The molecule has 2 aromatic heterocycles. The first-order valence-electron chi connectivity index (χ1n) is 10.3. The molecule has 0 radical (unpaired) electrons. The summed E-state index contributed by atoms with van der Waals surface area (Å²) >= 11 is 0. The Labute approximate surface area is 170 Å². The number of carbonyl (C=O) groups excluding carboxylic acids is 1. The molecule has 0 spiro atoms. The van der Waals surface area contributed by atoms with Gasteiger partial charge in [0.05, 0.1) is 11.3 Å². The van der Waals surface area contributed by atoms with Crippen LogP contribution in [-0.2, 0) is 6.42 Å². The lowest BCUT2D eigenvalue weighted by Gasteiger charge is -2.17. The van der Waals surface area contributed by atoms with Crippen molar-refractivity contribution < 1.29 is 4.79 Å². The van der Waals surface area contributed by atoms with Crippen molar-refractivity contribution in [2.45, 2.75) is 19.3 Å². The van der Waals surface area contributed by atoms with Crippen molar-refractivity contribution in [3.8, 4) is 11.3 Å². The van der Waals surface area contributed by atoms with E-state index in [0.717, 1.165) is 53.3 Å². The van der Waals surface area contributed by atoms with Gasteiger partial charge in [0.25, 0.3) is 5.91 Å². The van der Waals surface area contributed by atoms with Gasteiger partial charge in [-0.25, -0.2) is 0 Å². The second kappa shape index (κ2) is 7.59. The molecule has 0 bridgehead atoms. The van der Waals surface area contributed by atoms with E-state index >= 15 is 0 Å². The number of fused-ring (bicyclic) bond motifs is 1. The molecule has 4 heterocycles. The first-order chi connectivity index (χ1) is 14.3. The standard InChI is InChI=1S/C24H24N4O/c29-24-21-16-23(27-22(21)10-12-26-24)18-9-11-25-19(15-18)6-3-17-4-7-20(8-5-17)28-13-1-2-14-28/h3-9,11,15-16,27H,1-2,10,12-14H2,(H,26,29). The number of nitrogens with one attached hydrogen (secondary N) is 2. The van der Waals surface area contributed by atoms with E-state index in [1.165, 1.54) is 18.5 Å². The minimum Gasteiger partial charge on any atom is -0.372 e. The van der Waals surface area contributed by atoms with E-state index in [1.54, 1.807) is 0 Å². The van der Waals surface area contributed by atoms with Gasteiger partial charge in [-0.2, -0.15) is 0 Å². The number of carbonyl (C=O) groups is 1. The smallest absolute Gasteiger partial charge is 0.253 e. The van der Waals surface area contributed by atoms with Crippen LogP contribution in [0.3, 0.4) is 0 Å². The average molecular weight is 384 g/mol. The Hall–Kier alpha value is -3.34. The monoisotopic (exact) mass is 384 g/mol. The first-order valence-corrected chi connectivity index (χ1v) is 10.3. The fourth-order valence-corrected chi connectivity index (χ4v) is 4.11. The summed E-state index contributed by atoms with van der Waals surface area (Å²) in [5, 5.41) is 2.89. The van der Waals surface area contributed by atoms with Crippen LogP contribution in [0.2, 0.25) is 0 Å². The van der Waals surface area contributed by atoms with Crippen molar-refractivity contribution in [2.24, 2.45) is 0 Å². The number of nitrogens with zero attached hydrogens (tertiary/aromatic N) is 2. The number of hydrogen-bond acceptors (Lipinski definition) is 3. The van der Waals surface area contributed by atoms with Crippen LogP contribution in [0.25, 0.3) is 23.4 Å². The van der Waals surface area contributed by atoms with Crippen LogP contribution in [0, 0.1) is 0 Å². The van der Waals surface area contributed by atoms with E-state index in [-0.39, 0.29) is 5.91 Å². The maximum Gasteiger partial charge on any atom is 0.253 e. The van der Waals surface area contributed by atoms with Crippen LogP contribution in [0.4, 0.5) is 5.69 Å². The van der Waals surface area contributed by atoms with Crippen LogP contribution in [-0.4, -0.2) is 35.5 Å². The summed E-state index contributed by atoms with van der Waals surface area (Å²) in [4.78, 5) is 22.3. The average Bonchev–Trinajstić information content (AvgIpc) is 3.44. The van der Waals surface area contributed by atoms with E-state index in [4.69, 9.17) is 0 Å². The summed E-state index contributed by atoms with van der Waals surface area (Å²) in [5.41, 5.74) is 7.11. The predicted octanol–water partition coefficient (Wildman–Crippen LogP) is 4.13. The largest absolute Gasteiger partial charge is 0.372 e. The Balaban J connectivity index is 1.34. The van der Waals surface area contributed by atoms with Crippen LogP contribution in [0.15, 0.2) is 48.7 Å². The van der Waals surface area contributed by atoms with Crippen molar-refractivity contribution in [3.05, 3.63) is 71.2 Å². The van der Waals surface area contributed by atoms with Gasteiger partial charge in [-0.05, 0) is 54.8 Å². The summed E-state index contributed by atoms with van der Waals surface area (Å²) in [6.07, 6.45) is 9.35. The second-order valence-corrected chi connectivity index (χ2v) is 7.67. The van der Waals surface area contributed by atoms with Crippen LogP contribution >= 0.6 is 0 Å². The molecule has 0 unspecified atom stereocenters. The molecule has 5 rings (SSSR count). The summed E-state index contributed by atoms with van der Waals surface area (Å²) in [7, 11) is 0. The number of pyridine rings is 1. The number of benzene rings is 1. The van der Waals surface area contributed by atoms with Gasteiger partial charge in [0.15, 0.2) is 0 Å². The third-order valence-corrected chi connectivity index (χ3v) is 5.71. The predicted molar refractivity (Wildman–Crippen MR) is 117 cm³/mol. The molecule has 1 saturated heterocycles. The highest BCUT2D eigenvalue weighted by Crippen LogP contribution is 2.25. The minimum absolute atomic E-state index is 0.000280. The molecule has 2 aliphatic heterocycles. The summed E-state index contributed by atoms with van der Waals surface area (Å²) in [5.74, 6) is 0.000280. The maximum atomic E-state index is 12.0. The van der Waals surface area contributed by atoms with E-state index in [9.17, 15) is 4.79 Å². The Morgan fingerprint density at radius 3 is 2.62 bits per heavy atom. The molecule has 0 atom stereocenters. The van der Waals surface area contributed by atoms with Gasteiger partial charge in [0.2, 0.25) is 0 Å². The molecule has 1 fully saturated rings. The lowest BCUT2D eigenvalue weighted by molar-refractivity contribution is 0.0946. The Morgan fingerprint density at radius 2 is 1.83 bits per heavy atom. The number of rotatable bonds is 4. The molecule has 2 N–H and O–H groups in total. The third kappa shape index (κ3) is 3.68. The van der Waals surface area contributed by atoms with E-state index < -0.39 is 0 Å². The molecule has 0 saturated carbocycles. The van der Waals surface area contributed by atoms with Crippen molar-refractivity contribution >= 4 is 23.7 Å². The third-order valence-electron chi connectivity index (χ3n) is 5.71. The molecular formula is C24H24N4O. The highest BCUT2D eigenvalue weighted by Gasteiger charge is 2.19. The van der Waals surface area contributed by atoms with Crippen molar-refractivity contribution in [2.75, 3.05) is 24.5 Å². The van der Waals surface area contributed by atoms with Crippen molar-refractivity contribution in [1.82, 2.24) is 15.3 Å². The van der Waals surface area contributed by atoms with Gasteiger partial charge >= 0.3 is 0 Å². The molecule has 1 aromatic carbocycles. The van der Waals surface area contributed by atoms with Crippen molar-refractivity contribution in [1.29, 1.82) is 0 Å². The number of hydrogen-bond donors (Lipinski definition) is 2. The molecule has 29 heavy (non-hydrogen) atoms. The van der Waals surface area contributed by atoms with Gasteiger partial charge in [-0.3, -0.25) is 9.78 Å². The van der Waals surface area contributed by atoms with Gasteiger partial charge in [-0.15, -0.1) is 0 Å². The highest BCUT2D eigenvalue weighted by molar-refractivity contribution is 5.97. The molecular weight excluding hydrogens is 360 g/mol. The zero-order valence-electron chi connectivity index (χ0n) is 16.3. The Kier molecular flexibility index (Phi) is 4.64. The zero-order valence-corrected chi connectivity index (χ0v) is 16.3. The summed E-state index contributed by atoms with van der Waals surface area (Å²) < 4.78 is 0. The van der Waals surface area contributed by atoms with E-state index in [1.807, 2.05) is 30.5 Å². The number of aromatic amines is 1. The Bertz CT molecular complexity index is 1060. The second-order valence-electron chi connectivity index (χ2n) is 7.67. The fourth-order valence-electron chi connectivity index (χ4n) is 4.11. The van der Waals surface area contributed by atoms with Crippen LogP contribution in [0.5, 0.6) is 0 Å². The number of anilines is 1. The first kappa shape index (κ1) is 17.7. The topological polar surface area (TPSA) is 61.0 Å².